The van der Waals surface area contributed by atoms with Gasteiger partial charge in [-0.3, -0.25) is 15.0 Å². The highest BCUT2D eigenvalue weighted by atomic mass is 16.1. The van der Waals surface area contributed by atoms with Crippen LogP contribution in [0.3, 0.4) is 0 Å². The summed E-state index contributed by atoms with van der Waals surface area (Å²) >= 11 is 0. The maximum Gasteiger partial charge on any atom is 0.137 e. The molecular formula is C13H16N2O. The van der Waals surface area contributed by atoms with Gasteiger partial charge in [0.2, 0.25) is 0 Å². The highest BCUT2D eigenvalue weighted by Gasteiger charge is 2.39. The van der Waals surface area contributed by atoms with E-state index in [1.165, 1.54) is 5.56 Å². The fourth-order valence-corrected chi connectivity index (χ4v) is 2.74. The van der Waals surface area contributed by atoms with Crippen LogP contribution in [0.15, 0.2) is 30.3 Å². The van der Waals surface area contributed by atoms with Gasteiger partial charge < -0.3 is 0 Å². The van der Waals surface area contributed by atoms with E-state index in [4.69, 9.17) is 0 Å². The molecule has 2 heterocycles. The van der Waals surface area contributed by atoms with Crippen molar-refractivity contribution >= 4 is 5.78 Å². The topological polar surface area (TPSA) is 32.3 Å². The largest absolute Gasteiger partial charge is 0.300 e. The van der Waals surface area contributed by atoms with Crippen molar-refractivity contribution in [2.24, 2.45) is 0 Å². The van der Waals surface area contributed by atoms with Gasteiger partial charge in [-0.15, -0.1) is 0 Å². The van der Waals surface area contributed by atoms with E-state index in [1.54, 1.807) is 0 Å². The Morgan fingerprint density at radius 1 is 1.25 bits per heavy atom. The van der Waals surface area contributed by atoms with E-state index in [9.17, 15) is 4.79 Å². The van der Waals surface area contributed by atoms with Crippen molar-refractivity contribution in [2.75, 3.05) is 6.54 Å². The number of nitrogens with one attached hydrogen (secondary N) is 1. The first kappa shape index (κ1) is 10.00. The first-order valence-electron chi connectivity index (χ1n) is 5.88. The van der Waals surface area contributed by atoms with Crippen LogP contribution >= 0.6 is 0 Å². The normalized spacial score (nSPS) is 29.6. The minimum Gasteiger partial charge on any atom is -0.300 e. The number of carbonyl (C=O) groups excluding carboxylic acids is 1. The van der Waals surface area contributed by atoms with Crippen molar-refractivity contribution in [3.63, 3.8) is 0 Å². The van der Waals surface area contributed by atoms with E-state index in [-0.39, 0.29) is 6.17 Å². The summed E-state index contributed by atoms with van der Waals surface area (Å²) in [7, 11) is 0. The molecule has 2 fully saturated rings. The maximum absolute atomic E-state index is 11.5. The second-order valence-electron chi connectivity index (χ2n) is 4.68. The Hall–Kier alpha value is -1.19. The fraction of sp³-hybridized carbons (Fsp3) is 0.462. The highest BCUT2D eigenvalue weighted by Crippen LogP contribution is 2.25. The van der Waals surface area contributed by atoms with Crippen LogP contribution in [0.25, 0.3) is 0 Å². The number of nitrogens with zero attached hydrogens (tertiary/aromatic N) is 1. The summed E-state index contributed by atoms with van der Waals surface area (Å²) in [5.74, 6) is 0.407. The lowest BCUT2D eigenvalue weighted by molar-refractivity contribution is -0.123. The van der Waals surface area contributed by atoms with Gasteiger partial charge in [0, 0.05) is 32.0 Å². The summed E-state index contributed by atoms with van der Waals surface area (Å²) in [6.45, 7) is 1.92. The van der Waals surface area contributed by atoms with E-state index in [0.717, 1.165) is 19.5 Å². The average Bonchev–Trinajstić information content (AvgIpc) is 2.54. The predicted octanol–water partition coefficient (Wildman–Crippen LogP) is 1.15. The molecule has 0 saturated carbocycles. The lowest BCUT2D eigenvalue weighted by Gasteiger charge is -2.32. The van der Waals surface area contributed by atoms with Crippen molar-refractivity contribution in [1.82, 2.24) is 10.2 Å². The summed E-state index contributed by atoms with van der Waals surface area (Å²) in [4.78, 5) is 13.9. The lowest BCUT2D eigenvalue weighted by Crippen LogP contribution is -2.44. The van der Waals surface area contributed by atoms with Gasteiger partial charge in [-0.25, -0.2) is 0 Å². The van der Waals surface area contributed by atoms with Crippen molar-refractivity contribution in [3.05, 3.63) is 35.9 Å². The van der Waals surface area contributed by atoms with Crippen molar-refractivity contribution in [3.8, 4) is 0 Å². The number of rotatable bonds is 2. The molecule has 3 rings (SSSR count). The SMILES string of the molecule is O=C1C[C@H]2CN[C@@H](C1)N2Cc1ccccc1. The monoisotopic (exact) mass is 216 g/mol. The Morgan fingerprint density at radius 3 is 2.81 bits per heavy atom. The number of fused-ring (bicyclic) bond motifs is 2. The van der Waals surface area contributed by atoms with Gasteiger partial charge in [0.05, 0.1) is 6.17 Å². The molecule has 16 heavy (non-hydrogen) atoms. The molecule has 0 aliphatic carbocycles. The molecule has 0 spiro atoms. The number of Topliss-reactive ketones (excluding diaryl/α,β-unsaturated/α-hetero) is 1. The van der Waals surface area contributed by atoms with Crippen LogP contribution in [-0.4, -0.2) is 29.4 Å². The van der Waals surface area contributed by atoms with Crippen LogP contribution in [0.1, 0.15) is 18.4 Å². The van der Waals surface area contributed by atoms with Crippen molar-refractivity contribution in [2.45, 2.75) is 31.6 Å². The van der Waals surface area contributed by atoms with E-state index in [2.05, 4.69) is 34.5 Å². The van der Waals surface area contributed by atoms with Crippen LogP contribution in [-0.2, 0) is 11.3 Å². The second kappa shape index (κ2) is 4.00. The summed E-state index contributed by atoms with van der Waals surface area (Å²) in [5, 5.41) is 3.42. The molecule has 2 aliphatic heterocycles. The molecule has 0 aromatic heterocycles. The van der Waals surface area contributed by atoms with Crippen LogP contribution in [0.4, 0.5) is 0 Å². The van der Waals surface area contributed by atoms with Gasteiger partial charge in [0.1, 0.15) is 5.78 Å². The molecular weight excluding hydrogens is 200 g/mol. The van der Waals surface area contributed by atoms with Crippen LogP contribution in [0.5, 0.6) is 0 Å². The Labute approximate surface area is 95.4 Å². The maximum atomic E-state index is 11.5. The zero-order valence-corrected chi connectivity index (χ0v) is 9.23. The first-order valence-corrected chi connectivity index (χ1v) is 5.88. The average molecular weight is 216 g/mol. The number of carbonyl (C=O) groups is 1. The molecule has 2 atom stereocenters. The molecule has 0 unspecified atom stereocenters. The predicted molar refractivity (Wildman–Crippen MR) is 61.8 cm³/mol. The molecule has 3 nitrogen and oxygen atoms in total. The molecule has 1 aromatic rings. The molecule has 0 radical (unpaired) electrons. The fourth-order valence-electron chi connectivity index (χ4n) is 2.74. The minimum absolute atomic E-state index is 0.270. The van der Waals surface area contributed by atoms with Crippen LogP contribution in [0, 0.1) is 0 Å². The van der Waals surface area contributed by atoms with E-state index < -0.39 is 0 Å². The Kier molecular flexibility index (Phi) is 2.50. The Balaban J connectivity index is 1.75. The molecule has 2 bridgehead atoms. The second-order valence-corrected chi connectivity index (χ2v) is 4.68. The van der Waals surface area contributed by atoms with E-state index in [1.807, 2.05) is 6.07 Å². The summed E-state index contributed by atoms with van der Waals surface area (Å²) in [5.41, 5.74) is 1.33. The zero-order valence-electron chi connectivity index (χ0n) is 9.23. The molecule has 2 aliphatic rings. The van der Waals surface area contributed by atoms with Gasteiger partial charge >= 0.3 is 0 Å². The quantitative estimate of drug-likeness (QED) is 0.805. The van der Waals surface area contributed by atoms with Gasteiger partial charge in [-0.05, 0) is 5.56 Å². The van der Waals surface area contributed by atoms with Gasteiger partial charge in [-0.2, -0.15) is 0 Å². The van der Waals surface area contributed by atoms with Crippen molar-refractivity contribution < 1.29 is 4.79 Å². The van der Waals surface area contributed by atoms with E-state index >= 15 is 0 Å². The van der Waals surface area contributed by atoms with Crippen LogP contribution in [0.2, 0.25) is 0 Å². The third kappa shape index (κ3) is 1.77. The molecule has 3 heteroatoms. The first-order chi connectivity index (χ1) is 7.83. The molecule has 1 aromatic carbocycles. The lowest BCUT2D eigenvalue weighted by atomic mass is 10.0. The minimum atomic E-state index is 0.270. The molecule has 2 saturated heterocycles. The van der Waals surface area contributed by atoms with Gasteiger partial charge in [-0.1, -0.05) is 30.3 Å². The van der Waals surface area contributed by atoms with Crippen molar-refractivity contribution in [1.29, 1.82) is 0 Å². The Bertz CT molecular complexity index is 374. The third-order valence-electron chi connectivity index (χ3n) is 3.55. The van der Waals surface area contributed by atoms with E-state index in [0.29, 0.717) is 18.2 Å². The summed E-state index contributed by atoms with van der Waals surface area (Å²) < 4.78 is 0. The standard InChI is InChI=1S/C13H16N2O/c16-12-6-11-8-14-13(7-12)15(11)9-10-4-2-1-3-5-10/h1-5,11,13-14H,6-9H2/t11-,13+/m0/s1. The van der Waals surface area contributed by atoms with Gasteiger partial charge in [0.25, 0.3) is 0 Å². The van der Waals surface area contributed by atoms with Crippen LogP contribution < -0.4 is 5.32 Å². The number of hydrogen-bond acceptors (Lipinski definition) is 3. The molecule has 1 N–H and O–H groups in total. The third-order valence-corrected chi connectivity index (χ3v) is 3.55. The number of ketones is 1. The number of piperidine rings is 1. The highest BCUT2D eigenvalue weighted by molar-refractivity contribution is 5.80. The smallest absolute Gasteiger partial charge is 0.137 e. The number of benzene rings is 1. The van der Waals surface area contributed by atoms with Gasteiger partial charge in [0.15, 0.2) is 0 Å². The summed E-state index contributed by atoms with van der Waals surface area (Å²) in [6, 6.07) is 10.9. The zero-order chi connectivity index (χ0) is 11.0. The summed E-state index contributed by atoms with van der Waals surface area (Å²) in [6.07, 6.45) is 1.66. The Morgan fingerprint density at radius 2 is 2.06 bits per heavy atom. The number of hydrogen-bond donors (Lipinski definition) is 1. The molecule has 0 amide bonds. The molecule has 84 valence electrons.